The first kappa shape index (κ1) is 13.5. The molecule has 1 saturated heterocycles. The number of aryl methyl sites for hydroxylation is 1. The maximum Gasteiger partial charge on any atom is 0.0593 e. The average molecular weight is 248 g/mol. The van der Waals surface area contributed by atoms with Gasteiger partial charge in [0, 0.05) is 31.8 Å². The van der Waals surface area contributed by atoms with Crippen LogP contribution in [0.4, 0.5) is 0 Å². The normalized spacial score (nSPS) is 21.3. The Labute approximate surface area is 110 Å². The molecule has 18 heavy (non-hydrogen) atoms. The Morgan fingerprint density at radius 3 is 2.72 bits per heavy atom. The van der Waals surface area contributed by atoms with Crippen molar-refractivity contribution in [3.8, 4) is 0 Å². The first-order valence-corrected chi connectivity index (χ1v) is 6.83. The monoisotopic (exact) mass is 248 g/mol. The standard InChI is InChI=1S/C15H24N2O/c1-12-6-3-4-7-14(12)15(13(2)16)17-8-5-10-18-11-9-17/h3-4,6-7,13,15H,5,8-11,16H2,1-2H3. The smallest absolute Gasteiger partial charge is 0.0593 e. The van der Waals surface area contributed by atoms with E-state index in [9.17, 15) is 0 Å². The third-order valence-electron chi connectivity index (χ3n) is 3.66. The van der Waals surface area contributed by atoms with Crippen LogP contribution in [-0.4, -0.2) is 37.2 Å². The van der Waals surface area contributed by atoms with Crippen LogP contribution in [0.3, 0.4) is 0 Å². The molecule has 1 heterocycles. The summed E-state index contributed by atoms with van der Waals surface area (Å²) in [6.07, 6.45) is 1.09. The summed E-state index contributed by atoms with van der Waals surface area (Å²) in [4.78, 5) is 2.47. The van der Waals surface area contributed by atoms with Crippen LogP contribution in [0.1, 0.15) is 30.5 Å². The molecule has 2 unspecified atom stereocenters. The van der Waals surface area contributed by atoms with Crippen molar-refractivity contribution in [1.82, 2.24) is 4.90 Å². The minimum absolute atomic E-state index is 0.129. The molecule has 0 radical (unpaired) electrons. The van der Waals surface area contributed by atoms with Crippen molar-refractivity contribution >= 4 is 0 Å². The second-order valence-electron chi connectivity index (χ2n) is 5.16. The minimum Gasteiger partial charge on any atom is -0.380 e. The molecule has 0 aromatic heterocycles. The van der Waals surface area contributed by atoms with Gasteiger partial charge in [0.1, 0.15) is 0 Å². The van der Waals surface area contributed by atoms with Crippen molar-refractivity contribution in [2.45, 2.75) is 32.4 Å². The van der Waals surface area contributed by atoms with E-state index < -0.39 is 0 Å². The molecule has 3 heteroatoms. The van der Waals surface area contributed by atoms with Gasteiger partial charge in [-0.1, -0.05) is 24.3 Å². The lowest BCUT2D eigenvalue weighted by Gasteiger charge is -2.34. The Morgan fingerprint density at radius 2 is 2.00 bits per heavy atom. The molecule has 0 saturated carbocycles. The third-order valence-corrected chi connectivity index (χ3v) is 3.66. The summed E-state index contributed by atoms with van der Waals surface area (Å²) < 4.78 is 5.54. The van der Waals surface area contributed by atoms with Gasteiger partial charge in [-0.25, -0.2) is 0 Å². The van der Waals surface area contributed by atoms with E-state index in [1.165, 1.54) is 11.1 Å². The molecule has 2 atom stereocenters. The van der Waals surface area contributed by atoms with Crippen LogP contribution in [0, 0.1) is 6.92 Å². The van der Waals surface area contributed by atoms with Crippen LogP contribution >= 0.6 is 0 Å². The molecule has 0 amide bonds. The van der Waals surface area contributed by atoms with Gasteiger partial charge in [0.25, 0.3) is 0 Å². The fourth-order valence-electron chi connectivity index (χ4n) is 2.77. The zero-order chi connectivity index (χ0) is 13.0. The highest BCUT2D eigenvalue weighted by Crippen LogP contribution is 2.27. The highest BCUT2D eigenvalue weighted by molar-refractivity contribution is 5.29. The summed E-state index contributed by atoms with van der Waals surface area (Å²) in [5, 5.41) is 0. The van der Waals surface area contributed by atoms with E-state index in [0.29, 0.717) is 6.04 Å². The molecule has 2 rings (SSSR count). The quantitative estimate of drug-likeness (QED) is 0.890. The molecule has 1 fully saturated rings. The largest absolute Gasteiger partial charge is 0.380 e. The van der Waals surface area contributed by atoms with E-state index in [4.69, 9.17) is 10.5 Å². The van der Waals surface area contributed by atoms with Crippen LogP contribution in [0.2, 0.25) is 0 Å². The lowest BCUT2D eigenvalue weighted by molar-refractivity contribution is 0.126. The van der Waals surface area contributed by atoms with Gasteiger partial charge in [-0.2, -0.15) is 0 Å². The van der Waals surface area contributed by atoms with Crippen LogP contribution < -0.4 is 5.73 Å². The minimum atomic E-state index is 0.129. The molecule has 1 aliphatic heterocycles. The lowest BCUT2D eigenvalue weighted by atomic mass is 9.95. The number of ether oxygens (including phenoxy) is 1. The van der Waals surface area contributed by atoms with Crippen molar-refractivity contribution in [3.63, 3.8) is 0 Å². The van der Waals surface area contributed by atoms with Gasteiger partial charge >= 0.3 is 0 Å². The van der Waals surface area contributed by atoms with Gasteiger partial charge in [0.05, 0.1) is 6.61 Å². The number of rotatable bonds is 3. The Morgan fingerprint density at radius 1 is 1.22 bits per heavy atom. The summed E-state index contributed by atoms with van der Waals surface area (Å²) in [7, 11) is 0. The molecule has 3 nitrogen and oxygen atoms in total. The Balaban J connectivity index is 2.24. The maximum absolute atomic E-state index is 6.24. The number of hydrogen-bond donors (Lipinski definition) is 1. The van der Waals surface area contributed by atoms with E-state index in [1.807, 2.05) is 0 Å². The molecule has 0 spiro atoms. The van der Waals surface area contributed by atoms with E-state index in [2.05, 4.69) is 43.0 Å². The first-order chi connectivity index (χ1) is 8.70. The second kappa shape index (κ2) is 6.32. The van der Waals surface area contributed by atoms with Gasteiger partial charge in [0.2, 0.25) is 0 Å². The molecule has 2 N–H and O–H groups in total. The third kappa shape index (κ3) is 3.10. The number of benzene rings is 1. The second-order valence-corrected chi connectivity index (χ2v) is 5.16. The van der Waals surface area contributed by atoms with Gasteiger partial charge < -0.3 is 10.5 Å². The van der Waals surface area contributed by atoms with E-state index in [0.717, 1.165) is 32.7 Å². The molecule has 1 aromatic carbocycles. The molecular weight excluding hydrogens is 224 g/mol. The summed E-state index contributed by atoms with van der Waals surface area (Å²) in [6, 6.07) is 8.99. The predicted molar refractivity (Wildman–Crippen MR) is 74.6 cm³/mol. The summed E-state index contributed by atoms with van der Waals surface area (Å²) in [6.45, 7) is 7.99. The number of nitrogens with zero attached hydrogens (tertiary/aromatic N) is 1. The summed E-state index contributed by atoms with van der Waals surface area (Å²) >= 11 is 0. The summed E-state index contributed by atoms with van der Waals surface area (Å²) in [5.41, 5.74) is 8.92. The fraction of sp³-hybridized carbons (Fsp3) is 0.600. The molecular formula is C15H24N2O. The van der Waals surface area contributed by atoms with Crippen molar-refractivity contribution in [1.29, 1.82) is 0 Å². The highest BCUT2D eigenvalue weighted by Gasteiger charge is 2.25. The topological polar surface area (TPSA) is 38.5 Å². The molecule has 1 aromatic rings. The van der Waals surface area contributed by atoms with Gasteiger partial charge in [-0.05, 0) is 31.4 Å². The molecule has 0 aliphatic carbocycles. The predicted octanol–water partition coefficient (Wildman–Crippen LogP) is 2.11. The van der Waals surface area contributed by atoms with E-state index >= 15 is 0 Å². The van der Waals surface area contributed by atoms with Gasteiger partial charge in [0.15, 0.2) is 0 Å². The zero-order valence-electron chi connectivity index (χ0n) is 11.4. The molecule has 100 valence electrons. The van der Waals surface area contributed by atoms with E-state index in [1.54, 1.807) is 0 Å². The summed E-state index contributed by atoms with van der Waals surface area (Å²) in [5.74, 6) is 0. The number of hydrogen-bond acceptors (Lipinski definition) is 3. The van der Waals surface area contributed by atoms with Crippen molar-refractivity contribution < 1.29 is 4.74 Å². The van der Waals surface area contributed by atoms with Gasteiger partial charge in [-0.3, -0.25) is 4.90 Å². The first-order valence-electron chi connectivity index (χ1n) is 6.83. The van der Waals surface area contributed by atoms with Gasteiger partial charge in [-0.15, -0.1) is 0 Å². The van der Waals surface area contributed by atoms with Crippen LogP contribution in [-0.2, 0) is 4.74 Å². The highest BCUT2D eigenvalue weighted by atomic mass is 16.5. The average Bonchev–Trinajstić information content (AvgIpc) is 2.60. The lowest BCUT2D eigenvalue weighted by Crippen LogP contribution is -2.41. The number of nitrogens with two attached hydrogens (primary N) is 1. The maximum atomic E-state index is 6.24. The van der Waals surface area contributed by atoms with E-state index in [-0.39, 0.29) is 6.04 Å². The Kier molecular flexibility index (Phi) is 4.75. The molecule has 0 bridgehead atoms. The zero-order valence-corrected chi connectivity index (χ0v) is 11.4. The Bertz CT molecular complexity index is 371. The van der Waals surface area contributed by atoms with Crippen molar-refractivity contribution in [3.05, 3.63) is 35.4 Å². The molecule has 1 aliphatic rings. The van der Waals surface area contributed by atoms with Crippen LogP contribution in [0.5, 0.6) is 0 Å². The SMILES string of the molecule is Cc1ccccc1C(C(C)N)N1CCCOCC1. The fourth-order valence-corrected chi connectivity index (χ4v) is 2.77. The van der Waals surface area contributed by atoms with Crippen LogP contribution in [0.15, 0.2) is 24.3 Å². The van der Waals surface area contributed by atoms with Crippen molar-refractivity contribution in [2.75, 3.05) is 26.3 Å². The Hall–Kier alpha value is -0.900. The van der Waals surface area contributed by atoms with Crippen LogP contribution in [0.25, 0.3) is 0 Å². The van der Waals surface area contributed by atoms with Crippen molar-refractivity contribution in [2.24, 2.45) is 5.73 Å².